The Morgan fingerprint density at radius 2 is 0.845 bits per heavy atom. The molecule has 3 unspecified atom stereocenters. The second-order valence-corrected chi connectivity index (χ2v) is 19.4. The Labute approximate surface area is 415 Å². The van der Waals surface area contributed by atoms with E-state index in [-0.39, 0.29) is 11.8 Å². The van der Waals surface area contributed by atoms with Gasteiger partial charge < -0.3 is 0 Å². The summed E-state index contributed by atoms with van der Waals surface area (Å²) in [7, 11) is 0. The van der Waals surface area contributed by atoms with Gasteiger partial charge in [-0.1, -0.05) is 279 Å². The van der Waals surface area contributed by atoms with Gasteiger partial charge in [0.2, 0.25) is 0 Å². The van der Waals surface area contributed by atoms with Crippen molar-refractivity contribution in [3.63, 3.8) is 0 Å². The van der Waals surface area contributed by atoms with Crippen LogP contribution >= 0.6 is 0 Å². The zero-order chi connectivity index (χ0) is 46.9. The molecule has 0 bridgehead atoms. The Morgan fingerprint density at radius 3 is 1.62 bits per heavy atom. The van der Waals surface area contributed by atoms with Crippen molar-refractivity contribution in [3.8, 4) is 44.5 Å². The molecule has 14 rings (SSSR count). The summed E-state index contributed by atoms with van der Waals surface area (Å²) < 4.78 is 0. The molecule has 12 aromatic carbocycles. The molecule has 332 valence electrons. The van der Waals surface area contributed by atoms with E-state index in [1.165, 1.54) is 122 Å². The first kappa shape index (κ1) is 41.2. The highest BCUT2D eigenvalue weighted by atomic mass is 14.5. The van der Waals surface area contributed by atoms with E-state index in [1.807, 2.05) is 0 Å². The quantitative estimate of drug-likeness (QED) is 0.133. The van der Waals surface area contributed by atoms with Crippen molar-refractivity contribution in [2.45, 2.75) is 17.3 Å². The largest absolute Gasteiger partial charge is 0.0719 e. The van der Waals surface area contributed by atoms with Crippen molar-refractivity contribution in [1.82, 2.24) is 0 Å². The topological polar surface area (TPSA) is 0 Å². The third kappa shape index (κ3) is 6.45. The van der Waals surface area contributed by atoms with Crippen molar-refractivity contribution in [2.24, 2.45) is 0 Å². The Morgan fingerprint density at radius 1 is 0.310 bits per heavy atom. The fraction of sp³-hybridized carbons (Fsp3) is 0.0423. The maximum atomic E-state index is 2.59. The van der Waals surface area contributed by atoms with Gasteiger partial charge in [-0.25, -0.2) is 0 Å². The maximum absolute atomic E-state index is 2.59. The first-order chi connectivity index (χ1) is 35.2. The predicted molar refractivity (Wildman–Crippen MR) is 296 cm³/mol. The minimum atomic E-state index is -0.603. The van der Waals surface area contributed by atoms with Crippen molar-refractivity contribution in [3.05, 3.63) is 335 Å². The van der Waals surface area contributed by atoms with Gasteiger partial charge in [0.1, 0.15) is 0 Å². The molecule has 0 fully saturated rings. The zero-order valence-corrected chi connectivity index (χ0v) is 39.2. The fourth-order valence-electron chi connectivity index (χ4n) is 12.8. The lowest BCUT2D eigenvalue weighted by Crippen LogP contribution is -2.29. The standard InChI is InChI=1S/C71H48/c1-4-20-47(21-5-1)51-27-18-28-52(44-51)69-64-45-53(39-41-59(64)63-43-38-50-25-11-13-33-58(50)70(63)69)68(62-35-19-26-48-24-10-12-31-56(48)62)54-40-42-61-60-34-15-17-37-66(60)71(67(61)46-54,55-29-8-3-9-30-55)65-36-16-14-32-57(65)49-22-6-2-7-23-49/h1-46,68-69H. The van der Waals surface area contributed by atoms with Crippen LogP contribution < -0.4 is 0 Å². The van der Waals surface area contributed by atoms with Crippen LogP contribution in [0.3, 0.4) is 0 Å². The minimum absolute atomic E-state index is 0.0395. The molecule has 2 aliphatic carbocycles. The highest BCUT2D eigenvalue weighted by molar-refractivity contribution is 5.98. The molecule has 0 amide bonds. The van der Waals surface area contributed by atoms with Crippen LogP contribution in [0.25, 0.3) is 66.1 Å². The molecular weight excluding hydrogens is 853 g/mol. The van der Waals surface area contributed by atoms with E-state index in [2.05, 4.69) is 279 Å². The SMILES string of the molecule is c1ccc(-c2cccc(C3c4cc(C(c5ccc6c(c5)C(c5ccccc5)(c5ccccc5-c5ccccc5)c5ccccc5-6)c5cccc6ccccc56)ccc4-c4ccc5ccccc5c43)c2)cc1. The van der Waals surface area contributed by atoms with Crippen LogP contribution in [0.4, 0.5) is 0 Å². The van der Waals surface area contributed by atoms with Gasteiger partial charge in [0, 0.05) is 11.8 Å². The molecule has 3 atom stereocenters. The maximum Gasteiger partial charge on any atom is 0.0719 e. The van der Waals surface area contributed by atoms with Gasteiger partial charge in [-0.2, -0.15) is 0 Å². The van der Waals surface area contributed by atoms with Crippen molar-refractivity contribution in [1.29, 1.82) is 0 Å². The lowest BCUT2D eigenvalue weighted by atomic mass is 9.65. The first-order valence-electron chi connectivity index (χ1n) is 25.0. The van der Waals surface area contributed by atoms with Crippen LogP contribution in [-0.2, 0) is 5.41 Å². The molecule has 0 saturated carbocycles. The molecule has 0 nitrogen and oxygen atoms in total. The van der Waals surface area contributed by atoms with E-state index in [4.69, 9.17) is 0 Å². The molecule has 0 aliphatic heterocycles. The molecule has 0 spiro atoms. The molecule has 0 N–H and O–H groups in total. The van der Waals surface area contributed by atoms with Crippen LogP contribution in [0.15, 0.2) is 279 Å². The summed E-state index contributed by atoms with van der Waals surface area (Å²) in [6, 6.07) is 105. The summed E-state index contributed by atoms with van der Waals surface area (Å²) >= 11 is 0. The molecule has 0 saturated heterocycles. The first-order valence-corrected chi connectivity index (χ1v) is 25.0. The third-order valence-electron chi connectivity index (χ3n) is 15.8. The Hall–Kier alpha value is -8.84. The predicted octanol–water partition coefficient (Wildman–Crippen LogP) is 18.0. The van der Waals surface area contributed by atoms with Crippen LogP contribution in [0.1, 0.15) is 67.5 Å². The van der Waals surface area contributed by atoms with Crippen molar-refractivity contribution >= 4 is 21.5 Å². The van der Waals surface area contributed by atoms with Crippen molar-refractivity contribution < 1.29 is 0 Å². The fourth-order valence-corrected chi connectivity index (χ4v) is 12.8. The smallest absolute Gasteiger partial charge is 0.0622 e. The number of hydrogen-bond acceptors (Lipinski definition) is 0. The molecule has 0 radical (unpaired) electrons. The molecule has 2 aliphatic rings. The van der Waals surface area contributed by atoms with Gasteiger partial charge in [-0.15, -0.1) is 0 Å². The molecule has 0 heteroatoms. The summed E-state index contributed by atoms with van der Waals surface area (Å²) in [5.74, 6) is -0.0485. The second kappa shape index (κ2) is 16.7. The zero-order valence-electron chi connectivity index (χ0n) is 39.2. The Balaban J connectivity index is 1.03. The van der Waals surface area contributed by atoms with Gasteiger partial charge in [0.15, 0.2) is 0 Å². The lowest BCUT2D eigenvalue weighted by Gasteiger charge is -2.36. The second-order valence-electron chi connectivity index (χ2n) is 19.4. The van der Waals surface area contributed by atoms with E-state index in [9.17, 15) is 0 Å². The van der Waals surface area contributed by atoms with Crippen LogP contribution in [0, 0.1) is 0 Å². The minimum Gasteiger partial charge on any atom is -0.0622 e. The number of rotatable bonds is 8. The number of hydrogen-bond donors (Lipinski definition) is 0. The Kier molecular flexibility index (Phi) is 9.68. The third-order valence-corrected chi connectivity index (χ3v) is 15.8. The molecule has 71 heavy (non-hydrogen) atoms. The van der Waals surface area contributed by atoms with Crippen LogP contribution in [0.2, 0.25) is 0 Å². The normalized spacial score (nSPS) is 15.7. The average Bonchev–Trinajstić information content (AvgIpc) is 3.95. The van der Waals surface area contributed by atoms with Gasteiger partial charge in [0.25, 0.3) is 0 Å². The van der Waals surface area contributed by atoms with E-state index in [1.54, 1.807) is 0 Å². The van der Waals surface area contributed by atoms with Gasteiger partial charge in [-0.05, 0) is 122 Å². The molecule has 0 heterocycles. The number of benzene rings is 12. The summed E-state index contributed by atoms with van der Waals surface area (Å²) in [6.45, 7) is 0. The molecule has 12 aromatic rings. The highest BCUT2D eigenvalue weighted by Gasteiger charge is 2.47. The summed E-state index contributed by atoms with van der Waals surface area (Å²) in [5.41, 5.74) is 22.6. The van der Waals surface area contributed by atoms with Crippen molar-refractivity contribution in [2.75, 3.05) is 0 Å². The summed E-state index contributed by atoms with van der Waals surface area (Å²) in [4.78, 5) is 0. The highest BCUT2D eigenvalue weighted by Crippen LogP contribution is 2.59. The van der Waals surface area contributed by atoms with Crippen LogP contribution in [-0.4, -0.2) is 0 Å². The lowest BCUT2D eigenvalue weighted by molar-refractivity contribution is 0.767. The Bertz CT molecular complexity index is 3990. The van der Waals surface area contributed by atoms with E-state index >= 15 is 0 Å². The molecular formula is C71H48. The van der Waals surface area contributed by atoms with Crippen LogP contribution in [0.5, 0.6) is 0 Å². The van der Waals surface area contributed by atoms with Gasteiger partial charge >= 0.3 is 0 Å². The monoisotopic (exact) mass is 900 g/mol. The molecule has 0 aromatic heterocycles. The van der Waals surface area contributed by atoms with Gasteiger partial charge in [0.05, 0.1) is 5.41 Å². The van der Waals surface area contributed by atoms with E-state index in [0.29, 0.717) is 0 Å². The summed E-state index contributed by atoms with van der Waals surface area (Å²) in [6.07, 6.45) is 0. The summed E-state index contributed by atoms with van der Waals surface area (Å²) in [5, 5.41) is 5.10. The van der Waals surface area contributed by atoms with Gasteiger partial charge in [-0.3, -0.25) is 0 Å². The number of fused-ring (bicyclic) bond motifs is 9. The average molecular weight is 901 g/mol. The van der Waals surface area contributed by atoms with E-state index in [0.717, 1.165) is 0 Å². The van der Waals surface area contributed by atoms with E-state index < -0.39 is 5.41 Å².